The van der Waals surface area contributed by atoms with Crippen LogP contribution in [0.1, 0.15) is 56.7 Å². The van der Waals surface area contributed by atoms with Gasteiger partial charge in [0.1, 0.15) is 0 Å². The fraction of sp³-hybridized carbons (Fsp3) is 0.857. The van der Waals surface area contributed by atoms with E-state index in [1.807, 2.05) is 0 Å². The van der Waals surface area contributed by atoms with E-state index < -0.39 is 0 Å². The van der Waals surface area contributed by atoms with Crippen LogP contribution in [0.2, 0.25) is 0 Å². The molecule has 0 radical (unpaired) electrons. The summed E-state index contributed by atoms with van der Waals surface area (Å²) in [6.07, 6.45) is 6.08. The largest absolute Gasteiger partial charge is 0.338 e. The highest BCUT2D eigenvalue weighted by Gasteiger charge is 2.29. The Morgan fingerprint density at radius 3 is 2.65 bits per heavy atom. The summed E-state index contributed by atoms with van der Waals surface area (Å²) in [5.74, 6) is 2.31. The van der Waals surface area contributed by atoms with Crippen LogP contribution in [0, 0.1) is 0 Å². The Labute approximate surface area is 126 Å². The molecule has 5 nitrogen and oxygen atoms in total. The molecular weight excluding hydrogens is 276 g/mol. The average molecular weight is 301 g/mol. The Balaban J connectivity index is 0.00000147. The van der Waals surface area contributed by atoms with Crippen molar-refractivity contribution in [3.63, 3.8) is 0 Å². The molecule has 0 bridgehead atoms. The van der Waals surface area contributed by atoms with Gasteiger partial charge in [-0.25, -0.2) is 0 Å². The maximum Gasteiger partial charge on any atom is 0.240 e. The number of hydrogen-bond donors (Lipinski definition) is 1. The van der Waals surface area contributed by atoms with Crippen LogP contribution in [0.4, 0.5) is 0 Å². The van der Waals surface area contributed by atoms with Crippen LogP contribution in [-0.4, -0.2) is 40.7 Å². The van der Waals surface area contributed by atoms with Gasteiger partial charge in [-0.15, -0.1) is 12.4 Å². The molecule has 20 heavy (non-hydrogen) atoms. The Morgan fingerprint density at radius 1 is 1.25 bits per heavy atom. The molecule has 2 aliphatic rings. The molecule has 0 atom stereocenters. The first kappa shape index (κ1) is 15.7. The van der Waals surface area contributed by atoms with E-state index in [-0.39, 0.29) is 12.4 Å². The monoisotopic (exact) mass is 300 g/mol. The van der Waals surface area contributed by atoms with Crippen LogP contribution >= 0.6 is 12.4 Å². The number of aromatic nitrogens is 2. The molecule has 114 valence electrons. The summed E-state index contributed by atoms with van der Waals surface area (Å²) in [4.78, 5) is 7.07. The van der Waals surface area contributed by atoms with E-state index in [0.717, 1.165) is 37.9 Å². The van der Waals surface area contributed by atoms with Gasteiger partial charge in [-0.05, 0) is 51.7 Å². The molecule has 6 heteroatoms. The SMILES string of the molecule is CCCN(Cc1nc(C2CC2)no1)C1CCNCC1.Cl. The lowest BCUT2D eigenvalue weighted by Gasteiger charge is -2.33. The van der Waals surface area contributed by atoms with E-state index in [9.17, 15) is 0 Å². The summed E-state index contributed by atoms with van der Waals surface area (Å²) in [5, 5.41) is 7.54. The summed E-state index contributed by atoms with van der Waals surface area (Å²) in [6.45, 7) is 6.42. The van der Waals surface area contributed by atoms with Crippen molar-refractivity contribution in [3.8, 4) is 0 Å². The van der Waals surface area contributed by atoms with Gasteiger partial charge in [-0.3, -0.25) is 4.90 Å². The van der Waals surface area contributed by atoms with Crippen molar-refractivity contribution < 1.29 is 4.52 Å². The first-order chi connectivity index (χ1) is 9.36. The summed E-state index contributed by atoms with van der Waals surface area (Å²) in [7, 11) is 0. The molecule has 1 aliphatic heterocycles. The number of hydrogen-bond acceptors (Lipinski definition) is 5. The van der Waals surface area contributed by atoms with Gasteiger partial charge in [0.15, 0.2) is 5.82 Å². The normalized spacial score (nSPS) is 20.1. The Kier molecular flexibility index (Phi) is 5.81. The van der Waals surface area contributed by atoms with Crippen LogP contribution in [-0.2, 0) is 6.54 Å². The van der Waals surface area contributed by atoms with Crippen molar-refractivity contribution in [2.75, 3.05) is 19.6 Å². The molecule has 1 aromatic rings. The van der Waals surface area contributed by atoms with E-state index in [4.69, 9.17) is 4.52 Å². The van der Waals surface area contributed by atoms with E-state index in [2.05, 4.69) is 27.3 Å². The predicted octanol–water partition coefficient (Wildman–Crippen LogP) is 2.33. The van der Waals surface area contributed by atoms with E-state index in [1.54, 1.807) is 0 Å². The Morgan fingerprint density at radius 2 is 2.00 bits per heavy atom. The van der Waals surface area contributed by atoms with Gasteiger partial charge in [0.25, 0.3) is 0 Å². The molecule has 1 aliphatic carbocycles. The maximum absolute atomic E-state index is 5.42. The van der Waals surface area contributed by atoms with Crippen molar-refractivity contribution in [2.24, 2.45) is 0 Å². The zero-order valence-electron chi connectivity index (χ0n) is 12.2. The third-order valence-electron chi connectivity index (χ3n) is 4.10. The van der Waals surface area contributed by atoms with Gasteiger partial charge >= 0.3 is 0 Å². The number of rotatable bonds is 6. The zero-order chi connectivity index (χ0) is 13.1. The van der Waals surface area contributed by atoms with Crippen LogP contribution in [0.15, 0.2) is 4.52 Å². The summed E-state index contributed by atoms with van der Waals surface area (Å²) >= 11 is 0. The number of piperidine rings is 1. The Hall–Kier alpha value is -0.650. The van der Waals surface area contributed by atoms with Gasteiger partial charge < -0.3 is 9.84 Å². The number of nitrogens with zero attached hydrogens (tertiary/aromatic N) is 3. The predicted molar refractivity (Wildman–Crippen MR) is 80.1 cm³/mol. The Bertz CT molecular complexity index is 402. The van der Waals surface area contributed by atoms with Crippen LogP contribution in [0.25, 0.3) is 0 Å². The second-order valence-corrected chi connectivity index (χ2v) is 5.77. The minimum absolute atomic E-state index is 0. The molecule has 2 heterocycles. The highest BCUT2D eigenvalue weighted by Crippen LogP contribution is 2.38. The van der Waals surface area contributed by atoms with Crippen molar-refractivity contribution in [2.45, 2.75) is 57.5 Å². The third kappa shape index (κ3) is 3.93. The summed E-state index contributed by atoms with van der Waals surface area (Å²) < 4.78 is 5.42. The first-order valence-electron chi connectivity index (χ1n) is 7.64. The molecule has 1 N–H and O–H groups in total. The molecule has 0 aromatic carbocycles. The first-order valence-corrected chi connectivity index (χ1v) is 7.64. The van der Waals surface area contributed by atoms with Gasteiger partial charge in [-0.2, -0.15) is 4.98 Å². The summed E-state index contributed by atoms with van der Waals surface area (Å²) in [6, 6.07) is 0.664. The molecule has 1 aromatic heterocycles. The fourth-order valence-corrected chi connectivity index (χ4v) is 2.86. The highest BCUT2D eigenvalue weighted by molar-refractivity contribution is 5.85. The highest BCUT2D eigenvalue weighted by atomic mass is 35.5. The van der Waals surface area contributed by atoms with Crippen molar-refractivity contribution in [3.05, 3.63) is 11.7 Å². The van der Waals surface area contributed by atoms with Gasteiger partial charge in [-0.1, -0.05) is 12.1 Å². The topological polar surface area (TPSA) is 54.2 Å². The number of halogens is 1. The molecule has 0 amide bonds. The minimum atomic E-state index is 0. The van der Waals surface area contributed by atoms with Gasteiger partial charge in [0.05, 0.1) is 6.54 Å². The van der Waals surface area contributed by atoms with Crippen LogP contribution < -0.4 is 5.32 Å². The molecule has 1 saturated heterocycles. The number of nitrogens with one attached hydrogen (secondary N) is 1. The maximum atomic E-state index is 5.42. The average Bonchev–Trinajstić information content (AvgIpc) is 3.20. The molecule has 1 saturated carbocycles. The minimum Gasteiger partial charge on any atom is -0.338 e. The van der Waals surface area contributed by atoms with Crippen LogP contribution in [0.5, 0.6) is 0 Å². The molecule has 3 rings (SSSR count). The van der Waals surface area contributed by atoms with E-state index >= 15 is 0 Å². The lowest BCUT2D eigenvalue weighted by molar-refractivity contribution is 0.137. The quantitative estimate of drug-likeness (QED) is 0.874. The smallest absolute Gasteiger partial charge is 0.240 e. The zero-order valence-corrected chi connectivity index (χ0v) is 13.0. The van der Waals surface area contributed by atoms with Crippen molar-refractivity contribution in [1.82, 2.24) is 20.4 Å². The van der Waals surface area contributed by atoms with Crippen LogP contribution in [0.3, 0.4) is 0 Å². The molecular formula is C14H25ClN4O. The molecule has 2 fully saturated rings. The van der Waals surface area contributed by atoms with Gasteiger partial charge in [0.2, 0.25) is 5.89 Å². The summed E-state index contributed by atoms with van der Waals surface area (Å²) in [5.41, 5.74) is 0. The van der Waals surface area contributed by atoms with E-state index in [0.29, 0.717) is 12.0 Å². The van der Waals surface area contributed by atoms with Gasteiger partial charge in [0, 0.05) is 12.0 Å². The lowest BCUT2D eigenvalue weighted by atomic mass is 10.0. The van der Waals surface area contributed by atoms with Crippen molar-refractivity contribution in [1.29, 1.82) is 0 Å². The second kappa shape index (κ2) is 7.38. The molecule has 0 unspecified atom stereocenters. The second-order valence-electron chi connectivity index (χ2n) is 5.77. The third-order valence-corrected chi connectivity index (χ3v) is 4.10. The standard InChI is InChI=1S/C14H24N4O.ClH/c1-2-9-18(12-5-7-15-8-6-12)10-13-16-14(17-19-13)11-3-4-11;/h11-12,15H,2-10H2,1H3;1H. The fourth-order valence-electron chi connectivity index (χ4n) is 2.86. The van der Waals surface area contributed by atoms with E-state index in [1.165, 1.54) is 32.1 Å². The van der Waals surface area contributed by atoms with Crippen molar-refractivity contribution >= 4 is 12.4 Å². The molecule has 0 spiro atoms. The lowest BCUT2D eigenvalue weighted by Crippen LogP contribution is -2.43.